The van der Waals surface area contributed by atoms with E-state index >= 15 is 0 Å². The van der Waals surface area contributed by atoms with Crippen molar-refractivity contribution in [2.45, 2.75) is 25.1 Å². The Hall–Kier alpha value is -2.38. The largest absolute Gasteiger partial charge is 0.392 e. The molecule has 0 unspecified atom stereocenters. The van der Waals surface area contributed by atoms with E-state index in [4.69, 9.17) is 0 Å². The first kappa shape index (κ1) is 15.2. The highest BCUT2D eigenvalue weighted by Gasteiger charge is 2.32. The van der Waals surface area contributed by atoms with Crippen molar-refractivity contribution in [1.29, 1.82) is 0 Å². The molecule has 0 spiro atoms. The molecule has 1 saturated heterocycles. The lowest BCUT2D eigenvalue weighted by Gasteiger charge is -2.23. The highest BCUT2D eigenvalue weighted by atomic mass is 19.2. The van der Waals surface area contributed by atoms with Crippen LogP contribution in [0.15, 0.2) is 42.9 Å². The van der Waals surface area contributed by atoms with Crippen molar-refractivity contribution in [2.75, 3.05) is 6.54 Å². The van der Waals surface area contributed by atoms with Crippen molar-refractivity contribution < 1.29 is 13.9 Å². The summed E-state index contributed by atoms with van der Waals surface area (Å²) in [6.45, 7) is 0.967. The Kier molecular flexibility index (Phi) is 3.74. The van der Waals surface area contributed by atoms with Crippen LogP contribution in [0.1, 0.15) is 23.7 Å². The number of hydrogen-bond donors (Lipinski definition) is 1. The summed E-state index contributed by atoms with van der Waals surface area (Å²) in [6, 6.07) is 5.55. The summed E-state index contributed by atoms with van der Waals surface area (Å²) in [5.41, 5.74) is 1.47. The van der Waals surface area contributed by atoms with Crippen LogP contribution in [0.5, 0.6) is 0 Å². The summed E-state index contributed by atoms with van der Waals surface area (Å²) < 4.78 is 28.5. The molecule has 3 heterocycles. The normalized spacial score (nSPS) is 21.6. The lowest BCUT2D eigenvalue weighted by atomic mass is 10.0. The van der Waals surface area contributed by atoms with E-state index in [0.29, 0.717) is 30.9 Å². The Morgan fingerprint density at radius 3 is 2.92 bits per heavy atom. The average molecular weight is 330 g/mol. The van der Waals surface area contributed by atoms with Crippen molar-refractivity contribution in [3.05, 3.63) is 65.7 Å². The summed E-state index contributed by atoms with van der Waals surface area (Å²) in [5.74, 6) is -1.13. The maximum atomic E-state index is 13.5. The van der Waals surface area contributed by atoms with Gasteiger partial charge in [-0.05, 0) is 30.2 Å². The molecule has 1 aliphatic heterocycles. The third kappa shape index (κ3) is 2.76. The van der Waals surface area contributed by atoms with Crippen molar-refractivity contribution in [3.63, 3.8) is 0 Å². The number of hydrogen-bond acceptors (Lipinski definition) is 4. The number of fused-ring (bicyclic) bond motifs is 1. The number of rotatable bonds is 3. The molecule has 7 heteroatoms. The molecule has 2 aromatic heterocycles. The van der Waals surface area contributed by atoms with Gasteiger partial charge in [0.2, 0.25) is 5.78 Å². The maximum Gasteiger partial charge on any atom is 0.233 e. The number of β-amino-alcohol motifs (C(OH)–C–C–N with tert-alkyl or cyclic N) is 1. The number of nitrogens with zero attached hydrogens (tertiary/aromatic N) is 4. The van der Waals surface area contributed by atoms with E-state index in [1.54, 1.807) is 12.3 Å². The molecule has 0 aliphatic carbocycles. The summed E-state index contributed by atoms with van der Waals surface area (Å²) in [7, 11) is 0. The van der Waals surface area contributed by atoms with Gasteiger partial charge in [0.1, 0.15) is 0 Å². The monoisotopic (exact) mass is 330 g/mol. The van der Waals surface area contributed by atoms with Gasteiger partial charge in [0.05, 0.1) is 11.8 Å². The Morgan fingerprint density at radius 1 is 1.25 bits per heavy atom. The zero-order valence-electron chi connectivity index (χ0n) is 12.8. The topological polar surface area (TPSA) is 53.7 Å². The zero-order chi connectivity index (χ0) is 16.7. The Labute approximate surface area is 137 Å². The fourth-order valence-corrected chi connectivity index (χ4v) is 3.28. The minimum atomic E-state index is -0.870. The van der Waals surface area contributed by atoms with Crippen LogP contribution in [0.3, 0.4) is 0 Å². The predicted octanol–water partition coefficient (Wildman–Crippen LogP) is 2.32. The van der Waals surface area contributed by atoms with E-state index < -0.39 is 17.7 Å². The number of aliphatic hydroxyl groups is 1. The SMILES string of the molecule is O[C@H]1C[C@H](c2ccc(F)c(F)c2)N(Cc2cn3cccnc3n2)C1. The molecular weight excluding hydrogens is 314 g/mol. The van der Waals surface area contributed by atoms with E-state index in [0.717, 1.165) is 11.8 Å². The number of benzene rings is 1. The molecule has 0 bridgehead atoms. The Balaban J connectivity index is 1.61. The lowest BCUT2D eigenvalue weighted by molar-refractivity contribution is 0.172. The molecule has 1 N–H and O–H groups in total. The minimum absolute atomic E-state index is 0.173. The van der Waals surface area contributed by atoms with Crippen molar-refractivity contribution in [2.24, 2.45) is 0 Å². The first-order chi connectivity index (χ1) is 11.6. The second kappa shape index (κ2) is 5.92. The van der Waals surface area contributed by atoms with Crippen LogP contribution >= 0.6 is 0 Å². The first-order valence-electron chi connectivity index (χ1n) is 7.76. The molecule has 1 fully saturated rings. The number of imidazole rings is 1. The van der Waals surface area contributed by atoms with Crippen LogP contribution in [0.25, 0.3) is 5.78 Å². The van der Waals surface area contributed by atoms with E-state index in [9.17, 15) is 13.9 Å². The summed E-state index contributed by atoms with van der Waals surface area (Å²) in [5, 5.41) is 10.0. The predicted molar refractivity (Wildman–Crippen MR) is 83.1 cm³/mol. The summed E-state index contributed by atoms with van der Waals surface area (Å²) >= 11 is 0. The molecule has 0 amide bonds. The average Bonchev–Trinajstić information content (AvgIpc) is 3.13. The standard InChI is InChI=1S/C17H16F2N4O/c18-14-3-2-11(6-15(14)19)16-7-13(24)10-23(16)9-12-8-22-5-1-4-20-17(22)21-12/h1-6,8,13,16,24H,7,9-10H2/t13-,16+/m0/s1. The van der Waals surface area contributed by atoms with Gasteiger partial charge in [-0.1, -0.05) is 6.07 Å². The van der Waals surface area contributed by atoms with E-state index in [1.165, 1.54) is 6.07 Å². The third-order valence-corrected chi connectivity index (χ3v) is 4.36. The van der Waals surface area contributed by atoms with Crippen LogP contribution in [-0.4, -0.2) is 37.0 Å². The van der Waals surface area contributed by atoms with Crippen molar-refractivity contribution >= 4 is 5.78 Å². The first-order valence-corrected chi connectivity index (χ1v) is 7.76. The van der Waals surface area contributed by atoms with Gasteiger partial charge in [-0.15, -0.1) is 0 Å². The van der Waals surface area contributed by atoms with Gasteiger partial charge in [0.25, 0.3) is 0 Å². The van der Waals surface area contributed by atoms with Crippen LogP contribution < -0.4 is 0 Å². The number of halogens is 2. The van der Waals surface area contributed by atoms with Gasteiger partial charge in [-0.2, -0.15) is 0 Å². The van der Waals surface area contributed by atoms with E-state index in [2.05, 4.69) is 9.97 Å². The summed E-state index contributed by atoms with van der Waals surface area (Å²) in [6.07, 6.45) is 5.41. The molecule has 4 rings (SSSR count). The van der Waals surface area contributed by atoms with Gasteiger partial charge in [0.15, 0.2) is 11.6 Å². The van der Waals surface area contributed by atoms with Crippen LogP contribution in [0.4, 0.5) is 8.78 Å². The lowest BCUT2D eigenvalue weighted by Crippen LogP contribution is -2.24. The highest BCUT2D eigenvalue weighted by Crippen LogP contribution is 2.33. The minimum Gasteiger partial charge on any atom is -0.392 e. The molecular formula is C17H16F2N4O. The third-order valence-electron chi connectivity index (χ3n) is 4.36. The Morgan fingerprint density at radius 2 is 2.12 bits per heavy atom. The van der Waals surface area contributed by atoms with E-state index in [1.807, 2.05) is 27.8 Å². The van der Waals surface area contributed by atoms with Gasteiger partial charge in [-0.3, -0.25) is 9.30 Å². The molecule has 0 radical (unpaired) electrons. The van der Waals surface area contributed by atoms with Gasteiger partial charge in [0, 0.05) is 37.7 Å². The van der Waals surface area contributed by atoms with Crippen molar-refractivity contribution in [3.8, 4) is 0 Å². The molecule has 1 aromatic carbocycles. The molecule has 124 valence electrons. The second-order valence-corrected chi connectivity index (χ2v) is 6.07. The molecule has 0 saturated carbocycles. The zero-order valence-corrected chi connectivity index (χ0v) is 12.8. The van der Waals surface area contributed by atoms with Gasteiger partial charge in [-0.25, -0.2) is 18.7 Å². The molecule has 2 atom stereocenters. The molecule has 3 aromatic rings. The van der Waals surface area contributed by atoms with Crippen LogP contribution in [0, 0.1) is 11.6 Å². The Bertz CT molecular complexity index is 849. The molecule has 24 heavy (non-hydrogen) atoms. The number of aliphatic hydroxyl groups excluding tert-OH is 1. The van der Waals surface area contributed by atoms with Gasteiger partial charge >= 0.3 is 0 Å². The van der Waals surface area contributed by atoms with Crippen LogP contribution in [0.2, 0.25) is 0 Å². The fourth-order valence-electron chi connectivity index (χ4n) is 3.28. The number of likely N-dealkylation sites (tertiary alicyclic amines) is 1. The summed E-state index contributed by atoms with van der Waals surface area (Å²) in [4.78, 5) is 10.7. The fraction of sp³-hybridized carbons (Fsp3) is 0.294. The second-order valence-electron chi connectivity index (χ2n) is 6.07. The molecule has 1 aliphatic rings. The van der Waals surface area contributed by atoms with Gasteiger partial charge < -0.3 is 5.11 Å². The smallest absolute Gasteiger partial charge is 0.233 e. The maximum absolute atomic E-state index is 13.5. The highest BCUT2D eigenvalue weighted by molar-refractivity contribution is 5.30. The number of aromatic nitrogens is 3. The van der Waals surface area contributed by atoms with E-state index in [-0.39, 0.29) is 6.04 Å². The van der Waals surface area contributed by atoms with Crippen LogP contribution in [-0.2, 0) is 6.54 Å². The quantitative estimate of drug-likeness (QED) is 0.801. The molecule has 5 nitrogen and oxygen atoms in total. The van der Waals surface area contributed by atoms with Crippen molar-refractivity contribution in [1.82, 2.24) is 19.3 Å².